The van der Waals surface area contributed by atoms with Gasteiger partial charge in [-0.2, -0.15) is 0 Å². The van der Waals surface area contributed by atoms with E-state index in [9.17, 15) is 0 Å². The molecular weight excluding hydrogens is 248 g/mol. The standard InChI is InChI=1S/C18H26O2/c1-14(2)15-5-4-6-16(13-15)17(3)7-9-18(10-8-17)19-11-12-20-18/h4-6,13-14H,7-12H2,1-3H3. The van der Waals surface area contributed by atoms with Crippen LogP contribution in [0.2, 0.25) is 0 Å². The third kappa shape index (κ3) is 2.51. The third-order valence-corrected chi connectivity index (χ3v) is 5.18. The molecule has 1 aliphatic heterocycles. The van der Waals surface area contributed by atoms with Crippen molar-refractivity contribution in [1.82, 2.24) is 0 Å². The number of rotatable bonds is 2. The molecule has 2 aliphatic rings. The highest BCUT2D eigenvalue weighted by molar-refractivity contribution is 5.32. The Labute approximate surface area is 122 Å². The quantitative estimate of drug-likeness (QED) is 0.796. The van der Waals surface area contributed by atoms with Crippen LogP contribution in [-0.4, -0.2) is 19.0 Å². The van der Waals surface area contributed by atoms with E-state index in [-0.39, 0.29) is 11.2 Å². The van der Waals surface area contributed by atoms with Crippen LogP contribution in [0.1, 0.15) is 63.5 Å². The lowest BCUT2D eigenvalue weighted by atomic mass is 9.69. The largest absolute Gasteiger partial charge is 0.348 e. The Kier molecular flexibility index (Phi) is 3.64. The molecule has 1 aromatic rings. The molecule has 0 amide bonds. The zero-order valence-corrected chi connectivity index (χ0v) is 12.9. The normalized spacial score (nSPS) is 24.4. The Morgan fingerprint density at radius 1 is 1.00 bits per heavy atom. The zero-order chi connectivity index (χ0) is 14.2. The van der Waals surface area contributed by atoms with Gasteiger partial charge in [0.15, 0.2) is 5.79 Å². The van der Waals surface area contributed by atoms with Gasteiger partial charge >= 0.3 is 0 Å². The van der Waals surface area contributed by atoms with Crippen molar-refractivity contribution < 1.29 is 9.47 Å². The summed E-state index contributed by atoms with van der Waals surface area (Å²) in [7, 11) is 0. The maximum Gasteiger partial charge on any atom is 0.168 e. The highest BCUT2D eigenvalue weighted by atomic mass is 16.7. The highest BCUT2D eigenvalue weighted by Gasteiger charge is 2.44. The molecule has 110 valence electrons. The summed E-state index contributed by atoms with van der Waals surface area (Å²) in [5.74, 6) is 0.338. The van der Waals surface area contributed by atoms with Crippen LogP contribution in [0.5, 0.6) is 0 Å². The highest BCUT2D eigenvalue weighted by Crippen LogP contribution is 2.46. The molecule has 0 atom stereocenters. The average molecular weight is 274 g/mol. The van der Waals surface area contributed by atoms with Crippen LogP contribution in [0, 0.1) is 0 Å². The van der Waals surface area contributed by atoms with E-state index in [2.05, 4.69) is 45.0 Å². The summed E-state index contributed by atoms with van der Waals surface area (Å²) >= 11 is 0. The van der Waals surface area contributed by atoms with Crippen LogP contribution in [0.3, 0.4) is 0 Å². The van der Waals surface area contributed by atoms with Crippen LogP contribution >= 0.6 is 0 Å². The monoisotopic (exact) mass is 274 g/mol. The molecule has 0 aromatic heterocycles. The van der Waals surface area contributed by atoms with Crippen molar-refractivity contribution >= 4 is 0 Å². The fourth-order valence-electron chi connectivity index (χ4n) is 3.53. The van der Waals surface area contributed by atoms with E-state index in [1.165, 1.54) is 11.1 Å². The smallest absolute Gasteiger partial charge is 0.168 e. The molecule has 2 fully saturated rings. The molecule has 2 heteroatoms. The SMILES string of the molecule is CC(C)c1cccc(C2(C)CCC3(CC2)OCCO3)c1. The molecular formula is C18H26O2. The number of hydrogen-bond donors (Lipinski definition) is 0. The first kappa shape index (κ1) is 14.1. The molecule has 1 saturated carbocycles. The molecule has 0 bridgehead atoms. The predicted octanol–water partition coefficient (Wildman–Crippen LogP) is 4.38. The fraction of sp³-hybridized carbons (Fsp3) is 0.667. The van der Waals surface area contributed by atoms with Gasteiger partial charge in [0, 0.05) is 12.8 Å². The summed E-state index contributed by atoms with van der Waals surface area (Å²) < 4.78 is 11.7. The first-order chi connectivity index (χ1) is 9.53. The van der Waals surface area contributed by atoms with E-state index in [0.717, 1.165) is 38.9 Å². The number of benzene rings is 1. The minimum absolute atomic E-state index is 0.255. The molecule has 20 heavy (non-hydrogen) atoms. The third-order valence-electron chi connectivity index (χ3n) is 5.18. The van der Waals surface area contributed by atoms with Crippen molar-refractivity contribution in [3.8, 4) is 0 Å². The molecule has 1 heterocycles. The van der Waals surface area contributed by atoms with E-state index in [0.29, 0.717) is 5.92 Å². The van der Waals surface area contributed by atoms with Crippen molar-refractivity contribution in [1.29, 1.82) is 0 Å². The van der Waals surface area contributed by atoms with Crippen molar-refractivity contribution in [2.45, 2.75) is 63.6 Å². The Morgan fingerprint density at radius 2 is 1.65 bits per heavy atom. The summed E-state index contributed by atoms with van der Waals surface area (Å²) in [4.78, 5) is 0. The molecule has 1 spiro atoms. The average Bonchev–Trinajstić information content (AvgIpc) is 2.92. The van der Waals surface area contributed by atoms with Gasteiger partial charge in [-0.15, -0.1) is 0 Å². The Balaban J connectivity index is 1.78. The van der Waals surface area contributed by atoms with Gasteiger partial charge in [-0.1, -0.05) is 45.0 Å². The van der Waals surface area contributed by atoms with E-state index < -0.39 is 0 Å². The summed E-state index contributed by atoms with van der Waals surface area (Å²) in [6.07, 6.45) is 4.34. The topological polar surface area (TPSA) is 18.5 Å². The van der Waals surface area contributed by atoms with E-state index in [1.807, 2.05) is 0 Å². The molecule has 3 rings (SSSR count). The summed E-state index contributed by atoms with van der Waals surface area (Å²) in [6, 6.07) is 9.15. The van der Waals surface area contributed by atoms with Crippen LogP contribution < -0.4 is 0 Å². The minimum Gasteiger partial charge on any atom is -0.348 e. The van der Waals surface area contributed by atoms with Gasteiger partial charge in [0.2, 0.25) is 0 Å². The van der Waals surface area contributed by atoms with Gasteiger partial charge in [-0.05, 0) is 35.3 Å². The molecule has 0 N–H and O–H groups in total. The molecule has 0 radical (unpaired) electrons. The summed E-state index contributed by atoms with van der Waals surface area (Å²) in [6.45, 7) is 8.45. The second-order valence-corrected chi connectivity index (χ2v) is 6.95. The predicted molar refractivity (Wildman–Crippen MR) is 81.0 cm³/mol. The zero-order valence-electron chi connectivity index (χ0n) is 12.9. The number of hydrogen-bond acceptors (Lipinski definition) is 2. The molecule has 0 unspecified atom stereocenters. The van der Waals surface area contributed by atoms with Crippen LogP contribution in [-0.2, 0) is 14.9 Å². The van der Waals surface area contributed by atoms with Crippen LogP contribution in [0.4, 0.5) is 0 Å². The molecule has 1 aromatic carbocycles. The minimum atomic E-state index is -0.255. The van der Waals surface area contributed by atoms with Gasteiger partial charge in [-0.25, -0.2) is 0 Å². The van der Waals surface area contributed by atoms with Crippen molar-refractivity contribution in [2.75, 3.05) is 13.2 Å². The van der Waals surface area contributed by atoms with Crippen LogP contribution in [0.25, 0.3) is 0 Å². The van der Waals surface area contributed by atoms with Crippen molar-refractivity contribution in [3.05, 3.63) is 35.4 Å². The van der Waals surface area contributed by atoms with E-state index in [4.69, 9.17) is 9.47 Å². The molecule has 1 saturated heterocycles. The maximum absolute atomic E-state index is 5.85. The maximum atomic E-state index is 5.85. The fourth-order valence-corrected chi connectivity index (χ4v) is 3.53. The molecule has 2 nitrogen and oxygen atoms in total. The van der Waals surface area contributed by atoms with Crippen molar-refractivity contribution in [3.63, 3.8) is 0 Å². The van der Waals surface area contributed by atoms with Crippen LogP contribution in [0.15, 0.2) is 24.3 Å². The van der Waals surface area contributed by atoms with Gasteiger partial charge in [0.1, 0.15) is 0 Å². The first-order valence-corrected chi connectivity index (χ1v) is 7.91. The second kappa shape index (κ2) is 5.16. The Morgan fingerprint density at radius 3 is 2.25 bits per heavy atom. The Bertz CT molecular complexity index is 462. The Hall–Kier alpha value is -0.860. The first-order valence-electron chi connectivity index (χ1n) is 7.91. The van der Waals surface area contributed by atoms with E-state index >= 15 is 0 Å². The summed E-state index contributed by atoms with van der Waals surface area (Å²) in [5.41, 5.74) is 3.19. The molecule has 1 aliphatic carbocycles. The van der Waals surface area contributed by atoms with Crippen molar-refractivity contribution in [2.24, 2.45) is 0 Å². The lowest BCUT2D eigenvalue weighted by molar-refractivity contribution is -0.184. The lowest BCUT2D eigenvalue weighted by Gasteiger charge is -2.42. The van der Waals surface area contributed by atoms with Gasteiger partial charge in [-0.3, -0.25) is 0 Å². The van der Waals surface area contributed by atoms with Gasteiger partial charge in [0.25, 0.3) is 0 Å². The van der Waals surface area contributed by atoms with E-state index in [1.54, 1.807) is 0 Å². The second-order valence-electron chi connectivity index (χ2n) is 6.95. The van der Waals surface area contributed by atoms with Gasteiger partial charge in [0.05, 0.1) is 13.2 Å². The lowest BCUT2D eigenvalue weighted by Crippen LogP contribution is -2.40. The van der Waals surface area contributed by atoms with Gasteiger partial charge < -0.3 is 9.47 Å². The number of ether oxygens (including phenoxy) is 2. The summed E-state index contributed by atoms with van der Waals surface area (Å²) in [5, 5.41) is 0.